The van der Waals surface area contributed by atoms with E-state index in [-0.39, 0.29) is 12.3 Å². The first kappa shape index (κ1) is 16.1. The fraction of sp³-hybridized carbons (Fsp3) is 0.0833. The molecule has 0 aliphatic carbocycles. The van der Waals surface area contributed by atoms with Gasteiger partial charge in [-0.05, 0) is 6.07 Å². The van der Waals surface area contributed by atoms with E-state index < -0.39 is 57.9 Å². The molecule has 1 aromatic carbocycles. The molecule has 1 aromatic heterocycles. The first-order chi connectivity index (χ1) is 10.1. The molecule has 0 fully saturated rings. The summed E-state index contributed by atoms with van der Waals surface area (Å²) in [4.78, 5) is 2.82. The molecule has 0 radical (unpaired) electrons. The van der Waals surface area contributed by atoms with Crippen LogP contribution in [0, 0.1) is 34.9 Å². The van der Waals surface area contributed by atoms with Gasteiger partial charge in [0.1, 0.15) is 11.5 Å². The van der Waals surface area contributed by atoms with Gasteiger partial charge >= 0.3 is 6.18 Å². The van der Waals surface area contributed by atoms with Crippen molar-refractivity contribution in [1.29, 1.82) is 0 Å². The minimum Gasteiger partial charge on any atom is -0.252 e. The van der Waals surface area contributed by atoms with E-state index in [1.54, 1.807) is 0 Å². The van der Waals surface area contributed by atoms with Crippen molar-refractivity contribution in [2.24, 2.45) is 0 Å². The van der Waals surface area contributed by atoms with Gasteiger partial charge in [-0.15, -0.1) is 0 Å². The second kappa shape index (κ2) is 5.18. The fourth-order valence-corrected chi connectivity index (χ4v) is 1.59. The van der Waals surface area contributed by atoms with Crippen LogP contribution < -0.4 is 0 Å². The van der Waals surface area contributed by atoms with Gasteiger partial charge in [0, 0.05) is 6.20 Å². The molecule has 0 atom stereocenters. The molecular weight excluding hydrogens is 329 g/mol. The molecule has 0 saturated carbocycles. The Bertz CT molecular complexity index is 722. The summed E-state index contributed by atoms with van der Waals surface area (Å²) in [6, 6.07) is -0.166. The number of halogens is 9. The van der Waals surface area contributed by atoms with Gasteiger partial charge in [0.15, 0.2) is 23.3 Å². The zero-order valence-electron chi connectivity index (χ0n) is 10.0. The van der Waals surface area contributed by atoms with Crippen LogP contribution in [-0.4, -0.2) is 4.98 Å². The van der Waals surface area contributed by atoms with E-state index in [1.165, 1.54) is 0 Å². The van der Waals surface area contributed by atoms with E-state index in [4.69, 9.17) is 0 Å². The number of rotatable bonds is 1. The van der Waals surface area contributed by atoms with Gasteiger partial charge in [-0.2, -0.15) is 13.2 Å². The van der Waals surface area contributed by atoms with Crippen LogP contribution in [0.25, 0.3) is 11.3 Å². The van der Waals surface area contributed by atoms with E-state index in [0.717, 1.165) is 0 Å². The molecule has 0 amide bonds. The number of hydrogen-bond acceptors (Lipinski definition) is 1. The maximum atomic E-state index is 13.6. The molecule has 0 aliphatic heterocycles. The van der Waals surface area contributed by atoms with Crippen LogP contribution in [0.15, 0.2) is 12.3 Å². The number of benzene rings is 1. The Morgan fingerprint density at radius 2 is 1.18 bits per heavy atom. The van der Waals surface area contributed by atoms with Gasteiger partial charge in [-0.1, -0.05) is 0 Å². The summed E-state index contributed by atoms with van der Waals surface area (Å²) in [6.45, 7) is 0. The molecule has 0 unspecified atom stereocenters. The second-order valence-electron chi connectivity index (χ2n) is 4.00. The number of nitrogens with zero attached hydrogens (tertiary/aromatic N) is 1. The summed E-state index contributed by atoms with van der Waals surface area (Å²) < 4.78 is 116. The number of aromatic nitrogens is 1. The van der Waals surface area contributed by atoms with Gasteiger partial charge in [-0.3, -0.25) is 4.98 Å². The normalized spacial score (nSPS) is 11.9. The predicted molar refractivity (Wildman–Crippen MR) is 54.4 cm³/mol. The number of hydrogen-bond donors (Lipinski definition) is 0. The molecule has 1 nitrogen and oxygen atoms in total. The van der Waals surface area contributed by atoms with Crippen molar-refractivity contribution in [2.75, 3.05) is 0 Å². The summed E-state index contributed by atoms with van der Waals surface area (Å²) in [5.41, 5.74) is -4.76. The van der Waals surface area contributed by atoms with Crippen molar-refractivity contribution in [3.8, 4) is 11.3 Å². The Kier molecular flexibility index (Phi) is 3.80. The number of pyridine rings is 1. The van der Waals surface area contributed by atoms with E-state index >= 15 is 0 Å². The van der Waals surface area contributed by atoms with E-state index in [9.17, 15) is 39.5 Å². The van der Waals surface area contributed by atoms with Crippen molar-refractivity contribution < 1.29 is 39.5 Å². The third-order valence-corrected chi connectivity index (χ3v) is 2.62. The minimum atomic E-state index is -5.00. The lowest BCUT2D eigenvalue weighted by molar-refractivity contribution is -0.138. The highest BCUT2D eigenvalue weighted by Crippen LogP contribution is 2.34. The van der Waals surface area contributed by atoms with Gasteiger partial charge in [0.2, 0.25) is 5.82 Å². The first-order valence-electron chi connectivity index (χ1n) is 5.30. The molecule has 0 spiro atoms. The van der Waals surface area contributed by atoms with Gasteiger partial charge in [0.25, 0.3) is 0 Å². The van der Waals surface area contributed by atoms with Crippen LogP contribution in [0.1, 0.15) is 5.56 Å². The molecule has 10 heteroatoms. The van der Waals surface area contributed by atoms with Crippen molar-refractivity contribution >= 4 is 0 Å². The monoisotopic (exact) mass is 331 g/mol. The van der Waals surface area contributed by atoms with Crippen LogP contribution in [0.5, 0.6) is 0 Å². The SMILES string of the molecule is Fc1cc(C(F)(F)F)cnc1-c1c(F)c(F)c(F)c(F)c1F. The van der Waals surface area contributed by atoms with Gasteiger partial charge in [0.05, 0.1) is 11.1 Å². The first-order valence-corrected chi connectivity index (χ1v) is 5.30. The smallest absolute Gasteiger partial charge is 0.252 e. The maximum absolute atomic E-state index is 13.6. The molecule has 0 N–H and O–H groups in total. The third kappa shape index (κ3) is 2.48. The maximum Gasteiger partial charge on any atom is 0.417 e. The van der Waals surface area contributed by atoms with Crippen LogP contribution in [0.3, 0.4) is 0 Å². The molecular formula is C12H2F9N. The van der Waals surface area contributed by atoms with Gasteiger partial charge < -0.3 is 0 Å². The van der Waals surface area contributed by atoms with Gasteiger partial charge in [-0.25, -0.2) is 26.3 Å². The standard InChI is InChI=1S/C12H2F9N/c13-4-1-3(12(19,20)21)2-22-11(4)5-6(14)8(16)10(18)9(17)7(5)15/h1-2H. The lowest BCUT2D eigenvalue weighted by Gasteiger charge is -2.11. The lowest BCUT2D eigenvalue weighted by atomic mass is 10.1. The number of alkyl halides is 3. The zero-order valence-corrected chi connectivity index (χ0v) is 10.0. The summed E-state index contributed by atoms with van der Waals surface area (Å²) >= 11 is 0. The topological polar surface area (TPSA) is 12.9 Å². The van der Waals surface area contributed by atoms with E-state index in [1.807, 2.05) is 0 Å². The lowest BCUT2D eigenvalue weighted by Crippen LogP contribution is -2.09. The molecule has 2 aromatic rings. The quantitative estimate of drug-likeness (QED) is 0.423. The van der Waals surface area contributed by atoms with Crippen molar-refractivity contribution in [3.05, 3.63) is 52.7 Å². The average Bonchev–Trinajstić information content (AvgIpc) is 2.43. The Balaban J connectivity index is 2.74. The average molecular weight is 331 g/mol. The Hall–Kier alpha value is -2.26. The molecule has 0 aliphatic rings. The molecule has 0 bridgehead atoms. The molecule has 1 heterocycles. The third-order valence-electron chi connectivity index (χ3n) is 2.62. The van der Waals surface area contributed by atoms with Crippen LogP contribution in [0.2, 0.25) is 0 Å². The van der Waals surface area contributed by atoms with Crippen LogP contribution >= 0.6 is 0 Å². The summed E-state index contributed by atoms with van der Waals surface area (Å²) in [5, 5.41) is 0. The molecule has 22 heavy (non-hydrogen) atoms. The van der Waals surface area contributed by atoms with E-state index in [0.29, 0.717) is 0 Å². The predicted octanol–water partition coefficient (Wildman–Crippen LogP) is 4.60. The second-order valence-corrected chi connectivity index (χ2v) is 4.00. The highest BCUT2D eigenvalue weighted by Gasteiger charge is 2.34. The van der Waals surface area contributed by atoms with Crippen LogP contribution in [-0.2, 0) is 6.18 Å². The van der Waals surface area contributed by atoms with Crippen molar-refractivity contribution in [1.82, 2.24) is 4.98 Å². The summed E-state index contributed by atoms with van der Waals surface area (Å²) in [5.74, 6) is -13.9. The highest BCUT2D eigenvalue weighted by molar-refractivity contribution is 5.62. The fourth-order valence-electron chi connectivity index (χ4n) is 1.59. The van der Waals surface area contributed by atoms with Crippen molar-refractivity contribution in [3.63, 3.8) is 0 Å². The largest absolute Gasteiger partial charge is 0.417 e. The molecule has 2 rings (SSSR count). The minimum absolute atomic E-state index is 0.0104. The Morgan fingerprint density at radius 1 is 0.727 bits per heavy atom. The summed E-state index contributed by atoms with van der Waals surface area (Å²) in [7, 11) is 0. The van der Waals surface area contributed by atoms with Crippen molar-refractivity contribution in [2.45, 2.75) is 6.18 Å². The molecule has 118 valence electrons. The molecule has 0 saturated heterocycles. The zero-order chi connectivity index (χ0) is 16.8. The Morgan fingerprint density at radius 3 is 1.59 bits per heavy atom. The highest BCUT2D eigenvalue weighted by atomic mass is 19.4. The van der Waals surface area contributed by atoms with Crippen LogP contribution in [0.4, 0.5) is 39.5 Å². The summed E-state index contributed by atoms with van der Waals surface area (Å²) in [6.07, 6.45) is -4.99. The Labute approximate surface area is 116 Å². The van der Waals surface area contributed by atoms with E-state index in [2.05, 4.69) is 4.98 Å².